The van der Waals surface area contributed by atoms with Crippen molar-refractivity contribution in [2.75, 3.05) is 18.0 Å². The quantitative estimate of drug-likeness (QED) is 0.807. The van der Waals surface area contributed by atoms with Gasteiger partial charge in [-0.15, -0.1) is 0 Å². The standard InChI is InChI=1S/C16H21NO/c18-16-10-12-17(11-9-13-5-1-2-6-13)15-8-4-3-7-14(15)16/h3-4,7-8,13H,1-2,5-6,9-12H2. The topological polar surface area (TPSA) is 20.3 Å². The first kappa shape index (κ1) is 11.8. The Kier molecular flexibility index (Phi) is 3.35. The average Bonchev–Trinajstić information content (AvgIpc) is 2.92. The summed E-state index contributed by atoms with van der Waals surface area (Å²) >= 11 is 0. The molecule has 2 heteroatoms. The Morgan fingerprint density at radius 3 is 2.78 bits per heavy atom. The van der Waals surface area contributed by atoms with Crippen LogP contribution in [-0.2, 0) is 0 Å². The lowest BCUT2D eigenvalue weighted by atomic mass is 9.98. The van der Waals surface area contributed by atoms with E-state index in [2.05, 4.69) is 11.0 Å². The van der Waals surface area contributed by atoms with Crippen molar-refractivity contribution in [3.8, 4) is 0 Å². The highest BCUT2D eigenvalue weighted by atomic mass is 16.1. The number of fused-ring (bicyclic) bond motifs is 1. The fourth-order valence-corrected chi connectivity index (χ4v) is 3.35. The van der Waals surface area contributed by atoms with Crippen LogP contribution in [0.3, 0.4) is 0 Å². The lowest BCUT2D eigenvalue weighted by Crippen LogP contribution is -2.33. The number of carbonyl (C=O) groups excluding carboxylic acids is 1. The number of anilines is 1. The first-order chi connectivity index (χ1) is 8.84. The van der Waals surface area contributed by atoms with E-state index in [-0.39, 0.29) is 0 Å². The minimum absolute atomic E-state index is 0.308. The van der Waals surface area contributed by atoms with Crippen LogP contribution in [-0.4, -0.2) is 18.9 Å². The van der Waals surface area contributed by atoms with Gasteiger partial charge >= 0.3 is 0 Å². The van der Waals surface area contributed by atoms with E-state index >= 15 is 0 Å². The van der Waals surface area contributed by atoms with E-state index in [0.29, 0.717) is 12.2 Å². The lowest BCUT2D eigenvalue weighted by molar-refractivity contribution is 0.0980. The predicted octanol–water partition coefficient (Wildman–Crippen LogP) is 3.66. The van der Waals surface area contributed by atoms with Crippen molar-refractivity contribution in [2.24, 2.45) is 5.92 Å². The normalized spacial score (nSPS) is 20.2. The molecule has 0 spiro atoms. The summed E-state index contributed by atoms with van der Waals surface area (Å²) in [6, 6.07) is 8.08. The van der Waals surface area contributed by atoms with Gasteiger partial charge in [0.2, 0.25) is 0 Å². The number of hydrogen-bond donors (Lipinski definition) is 0. The van der Waals surface area contributed by atoms with Gasteiger partial charge in [-0.2, -0.15) is 0 Å². The third-order valence-electron chi connectivity index (χ3n) is 4.44. The Morgan fingerprint density at radius 2 is 1.94 bits per heavy atom. The van der Waals surface area contributed by atoms with Gasteiger partial charge in [0.25, 0.3) is 0 Å². The van der Waals surface area contributed by atoms with Crippen LogP contribution in [0.25, 0.3) is 0 Å². The van der Waals surface area contributed by atoms with Gasteiger partial charge in [-0.1, -0.05) is 37.8 Å². The number of carbonyl (C=O) groups is 1. The summed E-state index contributed by atoms with van der Waals surface area (Å²) in [6.07, 6.45) is 7.63. The molecular formula is C16H21NO. The summed E-state index contributed by atoms with van der Waals surface area (Å²) in [4.78, 5) is 14.3. The van der Waals surface area contributed by atoms with Crippen LogP contribution in [0.4, 0.5) is 5.69 Å². The Morgan fingerprint density at radius 1 is 1.17 bits per heavy atom. The van der Waals surface area contributed by atoms with Gasteiger partial charge in [-0.25, -0.2) is 0 Å². The lowest BCUT2D eigenvalue weighted by Gasteiger charge is -2.31. The van der Waals surface area contributed by atoms with Crippen molar-refractivity contribution in [1.82, 2.24) is 0 Å². The molecule has 0 atom stereocenters. The van der Waals surface area contributed by atoms with Gasteiger partial charge in [0.05, 0.1) is 0 Å². The molecule has 0 bridgehead atoms. The van der Waals surface area contributed by atoms with Gasteiger partial charge in [0.15, 0.2) is 5.78 Å². The highest BCUT2D eigenvalue weighted by Crippen LogP contribution is 2.31. The zero-order valence-corrected chi connectivity index (χ0v) is 10.9. The first-order valence-electron chi connectivity index (χ1n) is 7.22. The minimum atomic E-state index is 0.308. The molecule has 1 fully saturated rings. The first-order valence-corrected chi connectivity index (χ1v) is 7.22. The van der Waals surface area contributed by atoms with Crippen molar-refractivity contribution in [3.63, 3.8) is 0 Å². The Labute approximate surface area is 109 Å². The molecule has 1 saturated carbocycles. The van der Waals surface area contributed by atoms with Crippen molar-refractivity contribution < 1.29 is 4.79 Å². The van der Waals surface area contributed by atoms with E-state index in [0.717, 1.165) is 30.3 Å². The SMILES string of the molecule is O=C1CCN(CCC2CCCC2)c2ccccc21. The van der Waals surface area contributed by atoms with E-state index in [4.69, 9.17) is 0 Å². The van der Waals surface area contributed by atoms with Gasteiger partial charge in [-0.3, -0.25) is 4.79 Å². The molecule has 1 aliphatic heterocycles. The molecule has 1 aromatic carbocycles. The molecule has 1 aliphatic carbocycles. The second-order valence-corrected chi connectivity index (χ2v) is 5.62. The summed E-state index contributed by atoms with van der Waals surface area (Å²) < 4.78 is 0. The van der Waals surface area contributed by atoms with Crippen LogP contribution in [0.1, 0.15) is 48.9 Å². The molecule has 0 unspecified atom stereocenters. The van der Waals surface area contributed by atoms with Gasteiger partial charge < -0.3 is 4.90 Å². The maximum absolute atomic E-state index is 11.9. The van der Waals surface area contributed by atoms with E-state index in [1.54, 1.807) is 0 Å². The molecule has 96 valence electrons. The van der Waals surface area contributed by atoms with Crippen LogP contribution >= 0.6 is 0 Å². The zero-order chi connectivity index (χ0) is 12.4. The van der Waals surface area contributed by atoms with Crippen molar-refractivity contribution in [3.05, 3.63) is 29.8 Å². The summed E-state index contributed by atoms with van der Waals surface area (Å²) in [5.41, 5.74) is 2.09. The minimum Gasteiger partial charge on any atom is -0.370 e. The fourth-order valence-electron chi connectivity index (χ4n) is 3.35. The van der Waals surface area contributed by atoms with Crippen LogP contribution in [0.15, 0.2) is 24.3 Å². The number of nitrogens with zero attached hydrogens (tertiary/aromatic N) is 1. The summed E-state index contributed by atoms with van der Waals surface area (Å²) in [7, 11) is 0. The zero-order valence-electron chi connectivity index (χ0n) is 10.9. The smallest absolute Gasteiger partial charge is 0.166 e. The Balaban J connectivity index is 1.69. The maximum Gasteiger partial charge on any atom is 0.166 e. The van der Waals surface area contributed by atoms with E-state index in [1.807, 2.05) is 18.2 Å². The number of para-hydroxylation sites is 1. The van der Waals surface area contributed by atoms with E-state index in [1.165, 1.54) is 32.1 Å². The molecule has 0 amide bonds. The summed E-state index contributed by atoms with van der Waals surface area (Å²) in [6.45, 7) is 2.03. The van der Waals surface area contributed by atoms with E-state index in [9.17, 15) is 4.79 Å². The van der Waals surface area contributed by atoms with E-state index < -0.39 is 0 Å². The highest BCUT2D eigenvalue weighted by molar-refractivity contribution is 6.03. The third kappa shape index (κ3) is 2.29. The number of hydrogen-bond acceptors (Lipinski definition) is 2. The molecule has 2 aliphatic rings. The molecule has 2 nitrogen and oxygen atoms in total. The maximum atomic E-state index is 11.9. The molecule has 18 heavy (non-hydrogen) atoms. The molecule has 0 aromatic heterocycles. The predicted molar refractivity (Wildman–Crippen MR) is 74.2 cm³/mol. The van der Waals surface area contributed by atoms with Crippen molar-refractivity contribution in [1.29, 1.82) is 0 Å². The number of Topliss-reactive ketones (excluding diaryl/α,β-unsaturated/α-hetero) is 1. The largest absolute Gasteiger partial charge is 0.370 e. The van der Waals surface area contributed by atoms with Gasteiger partial charge in [-0.05, 0) is 24.5 Å². The summed E-state index contributed by atoms with van der Waals surface area (Å²) in [5.74, 6) is 1.23. The molecule has 0 N–H and O–H groups in total. The fraction of sp³-hybridized carbons (Fsp3) is 0.562. The molecule has 3 rings (SSSR count). The number of ketones is 1. The van der Waals surface area contributed by atoms with Crippen molar-refractivity contribution >= 4 is 11.5 Å². The van der Waals surface area contributed by atoms with Gasteiger partial charge in [0, 0.05) is 30.8 Å². The Hall–Kier alpha value is -1.31. The molecule has 0 radical (unpaired) electrons. The second-order valence-electron chi connectivity index (χ2n) is 5.62. The molecular weight excluding hydrogens is 222 g/mol. The highest BCUT2D eigenvalue weighted by Gasteiger charge is 2.23. The van der Waals surface area contributed by atoms with Gasteiger partial charge in [0.1, 0.15) is 0 Å². The van der Waals surface area contributed by atoms with Crippen LogP contribution in [0.2, 0.25) is 0 Å². The molecule has 1 heterocycles. The second kappa shape index (κ2) is 5.13. The van der Waals surface area contributed by atoms with Crippen molar-refractivity contribution in [2.45, 2.75) is 38.5 Å². The number of rotatable bonds is 3. The number of benzene rings is 1. The van der Waals surface area contributed by atoms with Crippen LogP contribution in [0.5, 0.6) is 0 Å². The Bertz CT molecular complexity index is 434. The summed E-state index contributed by atoms with van der Waals surface area (Å²) in [5, 5.41) is 0. The molecule has 1 aromatic rings. The average molecular weight is 243 g/mol. The van der Waals surface area contributed by atoms with Crippen LogP contribution in [0, 0.1) is 5.92 Å². The van der Waals surface area contributed by atoms with Crippen LogP contribution < -0.4 is 4.90 Å². The monoisotopic (exact) mass is 243 g/mol. The molecule has 0 saturated heterocycles. The third-order valence-corrected chi connectivity index (χ3v) is 4.44.